The Balaban J connectivity index is 1.53. The van der Waals surface area contributed by atoms with Crippen molar-refractivity contribution in [3.05, 3.63) is 47.9 Å². The average molecular weight is 937 g/mol. The highest BCUT2D eigenvalue weighted by molar-refractivity contribution is 7.80. The van der Waals surface area contributed by atoms with Crippen LogP contribution in [0.5, 0.6) is 5.75 Å². The monoisotopic (exact) mass is 936 g/mol. The average Bonchev–Trinajstić information content (AvgIpc) is 3.75. The predicted molar refractivity (Wildman–Crippen MR) is 228 cm³/mol. The van der Waals surface area contributed by atoms with Crippen LogP contribution in [-0.4, -0.2) is 111 Å². The number of ether oxygens (including phenoxy) is 4. The molecule has 2 unspecified atom stereocenters. The zero-order chi connectivity index (χ0) is 48.0. The van der Waals surface area contributed by atoms with Gasteiger partial charge in [-0.15, -0.1) is 11.3 Å². The van der Waals surface area contributed by atoms with Crippen LogP contribution >= 0.6 is 11.3 Å². The van der Waals surface area contributed by atoms with E-state index in [4.69, 9.17) is 23.8 Å². The largest absolute Gasteiger partial charge is 0.724 e. The van der Waals surface area contributed by atoms with Gasteiger partial charge in [0.2, 0.25) is 16.7 Å². The summed E-state index contributed by atoms with van der Waals surface area (Å²) in [7, 11) is -3.44. The molecule has 3 N–H and O–H groups in total. The van der Waals surface area contributed by atoms with Crippen molar-refractivity contribution in [2.75, 3.05) is 18.5 Å². The molecule has 22 nitrogen and oxygen atoms in total. The smallest absolute Gasteiger partial charge is 0.413 e. The Labute approximate surface area is 375 Å². The van der Waals surface area contributed by atoms with Crippen LogP contribution in [0.25, 0.3) is 11.3 Å². The van der Waals surface area contributed by atoms with Gasteiger partial charge in [-0.2, -0.15) is 9.35 Å². The van der Waals surface area contributed by atoms with Gasteiger partial charge in [0.15, 0.2) is 16.5 Å². The number of nitrogens with zero attached hydrogens (tertiary/aromatic N) is 5. The number of anilines is 1. The zero-order valence-electron chi connectivity index (χ0n) is 37.8. The molecule has 1 aliphatic rings. The third kappa shape index (κ3) is 15.2. The lowest BCUT2D eigenvalue weighted by molar-refractivity contribution is -0.660. The van der Waals surface area contributed by atoms with Gasteiger partial charge < -0.3 is 39.0 Å². The third-order valence-electron chi connectivity index (χ3n) is 8.43. The number of carbonyl (C=O) groups is 5. The van der Waals surface area contributed by atoms with Crippen LogP contribution in [0.3, 0.4) is 0 Å². The van der Waals surface area contributed by atoms with Crippen molar-refractivity contribution in [3.63, 3.8) is 0 Å². The fourth-order valence-corrected chi connectivity index (χ4v) is 6.83. The van der Waals surface area contributed by atoms with E-state index in [1.165, 1.54) is 19.2 Å². The van der Waals surface area contributed by atoms with Crippen molar-refractivity contribution in [1.82, 2.24) is 25.2 Å². The van der Waals surface area contributed by atoms with Gasteiger partial charge in [-0.1, -0.05) is 5.16 Å². The minimum Gasteiger partial charge on any atom is -0.724 e. The summed E-state index contributed by atoms with van der Waals surface area (Å²) in [5.74, 6) is -2.71. The van der Waals surface area contributed by atoms with Crippen LogP contribution in [0.4, 0.5) is 14.7 Å². The second kappa shape index (κ2) is 19.9. The van der Waals surface area contributed by atoms with Gasteiger partial charge in [0.25, 0.3) is 17.9 Å². The number of esters is 1. The van der Waals surface area contributed by atoms with E-state index in [1.54, 1.807) is 74.4 Å². The van der Waals surface area contributed by atoms with E-state index in [0.29, 0.717) is 30.3 Å². The van der Waals surface area contributed by atoms with Crippen LogP contribution in [0.15, 0.2) is 47.3 Å². The maximum atomic E-state index is 13.9. The van der Waals surface area contributed by atoms with Gasteiger partial charge in [0.1, 0.15) is 47.1 Å². The fourth-order valence-electron chi connectivity index (χ4n) is 5.70. The third-order valence-corrected chi connectivity index (χ3v) is 9.52. The van der Waals surface area contributed by atoms with Gasteiger partial charge >= 0.3 is 18.2 Å². The highest BCUT2D eigenvalue weighted by atomic mass is 32.3. The number of rotatable bonds is 17. The SMILES string of the molecule is C[n+]1cn(CCCNC(=O)OC(C)(C)C)cc1-c1ccc(OCC(O/N=C(\C(=O)NC2C(=O)N(OS(=O)(=O)[O-])C2(C)C)c2csc(NC(=O)OC(C)(C)C)n2)C(=O)OC(C)(C)C)cc1. The first kappa shape index (κ1) is 50.8. The van der Waals surface area contributed by atoms with E-state index in [2.05, 4.69) is 30.4 Å². The van der Waals surface area contributed by atoms with Crippen molar-refractivity contribution < 1.29 is 69.6 Å². The number of β-lactam (4-membered cyclic amide) rings is 1. The van der Waals surface area contributed by atoms with Crippen LogP contribution in [0, 0.1) is 0 Å². The highest BCUT2D eigenvalue weighted by Gasteiger charge is 2.57. The summed E-state index contributed by atoms with van der Waals surface area (Å²) in [4.78, 5) is 74.5. The number of hydrogen-bond acceptors (Lipinski definition) is 17. The number of hydroxylamine groups is 2. The number of aryl methyl sites for hydroxylation is 2. The molecule has 4 amide bonds. The zero-order valence-corrected chi connectivity index (χ0v) is 39.4. The molecule has 64 heavy (non-hydrogen) atoms. The van der Waals surface area contributed by atoms with Gasteiger partial charge in [0, 0.05) is 23.9 Å². The Bertz CT molecular complexity index is 2320. The number of aromatic nitrogens is 3. The van der Waals surface area contributed by atoms with E-state index < -0.39 is 87.2 Å². The molecule has 3 heterocycles. The number of thiazole rings is 1. The van der Waals surface area contributed by atoms with Crippen molar-refractivity contribution in [2.24, 2.45) is 12.2 Å². The lowest BCUT2D eigenvalue weighted by Crippen LogP contribution is -2.76. The Morgan fingerprint density at radius 1 is 0.969 bits per heavy atom. The van der Waals surface area contributed by atoms with E-state index in [1.807, 2.05) is 40.8 Å². The van der Waals surface area contributed by atoms with Gasteiger partial charge in [-0.25, -0.2) is 36.9 Å². The van der Waals surface area contributed by atoms with Crippen LogP contribution in [0.2, 0.25) is 0 Å². The first-order valence-electron chi connectivity index (χ1n) is 19.9. The minimum atomic E-state index is -5.33. The molecule has 0 saturated carbocycles. The molecular weight excluding hydrogens is 881 g/mol. The van der Waals surface area contributed by atoms with Crippen LogP contribution in [-0.2, 0) is 61.7 Å². The topological polar surface area (TPSA) is 271 Å². The van der Waals surface area contributed by atoms with Crippen molar-refractivity contribution in [1.29, 1.82) is 0 Å². The standard InChI is InChI=1S/C40H56N8O14S2/c1-37(2,3)58-33(51)28(21-57-25-16-14-24(15-17-25)27-20-47(23-46(27)12)19-13-18-41-35(52)59-38(4,5)6)61-45-29(26-22-63-34(42-26)44-36(53)60-39(7,8)9)31(49)43-30-32(50)48(40(30,10)11)62-64(54,55)56/h14-17,20,22-23,28,30H,13,18-19,21H2,1-12H3,(H3-,41,42,43,44,49,52,53,54,55,56)/b45-29-. The Morgan fingerprint density at radius 2 is 1.58 bits per heavy atom. The molecule has 0 radical (unpaired) electrons. The molecule has 1 aromatic carbocycles. The number of alkyl carbamates (subject to hydrolysis) is 1. The van der Waals surface area contributed by atoms with Crippen molar-refractivity contribution in [3.8, 4) is 17.0 Å². The van der Waals surface area contributed by atoms with E-state index in [9.17, 15) is 36.9 Å². The Kier molecular flexibility index (Phi) is 15.8. The molecule has 1 fully saturated rings. The Morgan fingerprint density at radius 3 is 2.16 bits per heavy atom. The number of nitrogens with one attached hydrogen (secondary N) is 3. The Hall–Kier alpha value is -5.85. The lowest BCUT2D eigenvalue weighted by Gasteiger charge is -2.51. The predicted octanol–water partition coefficient (Wildman–Crippen LogP) is 3.71. The molecule has 3 aromatic rings. The maximum Gasteiger partial charge on any atom is 0.413 e. The number of amides is 4. The second-order valence-electron chi connectivity index (χ2n) is 18.0. The lowest BCUT2D eigenvalue weighted by atomic mass is 9.84. The van der Waals surface area contributed by atoms with Crippen molar-refractivity contribution >= 4 is 62.5 Å². The van der Waals surface area contributed by atoms with Crippen LogP contribution in [0.1, 0.15) is 88.3 Å². The van der Waals surface area contributed by atoms with Gasteiger partial charge in [-0.05, 0) is 100 Å². The first-order valence-corrected chi connectivity index (χ1v) is 22.1. The van der Waals surface area contributed by atoms with Crippen molar-refractivity contribution in [2.45, 2.75) is 124 Å². The molecule has 352 valence electrons. The second-order valence-corrected chi connectivity index (χ2v) is 19.8. The molecule has 4 rings (SSSR count). The molecular formula is C40H56N8O14S2. The maximum absolute atomic E-state index is 13.9. The fraction of sp³-hybridized carbons (Fsp3) is 0.550. The minimum absolute atomic E-state index is 0.0155. The molecule has 2 atom stereocenters. The molecule has 2 aromatic heterocycles. The number of hydrogen-bond donors (Lipinski definition) is 3. The summed E-state index contributed by atoms with van der Waals surface area (Å²) in [5.41, 5.74) is -2.96. The van der Waals surface area contributed by atoms with Gasteiger partial charge in [0.05, 0.1) is 19.1 Å². The highest BCUT2D eigenvalue weighted by Crippen LogP contribution is 2.33. The number of oxime groups is 1. The summed E-state index contributed by atoms with van der Waals surface area (Å²) in [6.07, 6.45) is 1.65. The molecule has 0 spiro atoms. The quantitative estimate of drug-likeness (QED) is 0.0200. The number of imidazole rings is 1. The summed E-state index contributed by atoms with van der Waals surface area (Å²) in [6.45, 7) is 18.5. The van der Waals surface area contributed by atoms with E-state index in [-0.39, 0.29) is 10.8 Å². The van der Waals surface area contributed by atoms with E-state index >= 15 is 0 Å². The molecule has 0 bridgehead atoms. The molecule has 1 saturated heterocycles. The molecule has 24 heteroatoms. The number of carbonyl (C=O) groups excluding carboxylic acids is 5. The summed E-state index contributed by atoms with van der Waals surface area (Å²) >= 11 is 0.886. The normalized spacial score (nSPS) is 16.0. The summed E-state index contributed by atoms with van der Waals surface area (Å²) < 4.78 is 64.0. The summed E-state index contributed by atoms with van der Waals surface area (Å²) in [6, 6.07) is 5.57. The van der Waals surface area contributed by atoms with E-state index in [0.717, 1.165) is 22.6 Å². The van der Waals surface area contributed by atoms with Gasteiger partial charge in [-0.3, -0.25) is 14.9 Å². The molecule has 1 aliphatic heterocycles. The first-order chi connectivity index (χ1) is 29.4. The summed E-state index contributed by atoms with van der Waals surface area (Å²) in [5, 5.41) is 13.2. The number of benzene rings is 1. The molecule has 0 aliphatic carbocycles. The van der Waals surface area contributed by atoms with Crippen LogP contribution < -0.4 is 25.3 Å².